The molecule has 0 bridgehead atoms. The van der Waals surface area contributed by atoms with Crippen LogP contribution in [0.15, 0.2) is 94.3 Å². The molecule has 3 heteroatoms. The third-order valence-corrected chi connectivity index (χ3v) is 19.4. The van der Waals surface area contributed by atoms with Gasteiger partial charge in [0, 0.05) is 0 Å². The van der Waals surface area contributed by atoms with Gasteiger partial charge in [0.25, 0.3) is 0 Å². The van der Waals surface area contributed by atoms with Gasteiger partial charge >= 0.3 is 314 Å². The fourth-order valence-corrected chi connectivity index (χ4v) is 17.4. The van der Waals surface area contributed by atoms with Crippen molar-refractivity contribution in [3.05, 3.63) is 150 Å². The zero-order chi connectivity index (χ0) is 36.6. The number of benzene rings is 4. The standard InChI is InChI=1S/C23H29.C21H26.C5H5.2ClH.Zr/c1-14-9-16-11-17-10-15(2)21(23(6,7)8)13-19(17)18(16)12-20(14)22(3,4)5;1-20(2,3)18-11-7-16(8-12-18)15-17-9-13-19(14-10-17)21(4,5)6;1-2-4-5-3-1;;;/h9-13H,1-8H3;7-14H,1-6H3;1-3H,4H2;2*1H;/q;;;;;+2/p-2. The van der Waals surface area contributed by atoms with Gasteiger partial charge < -0.3 is 24.8 Å². The molecule has 2 aliphatic carbocycles. The fourth-order valence-electron chi connectivity index (χ4n) is 8.39. The molecule has 6 rings (SSSR count). The molecule has 0 atom stereocenters. The molecule has 0 aliphatic heterocycles. The second-order valence-corrected chi connectivity index (χ2v) is 25.5. The smallest absolute Gasteiger partial charge is 1.00 e. The summed E-state index contributed by atoms with van der Waals surface area (Å²) in [6.45, 7) is 32.9. The third-order valence-electron chi connectivity index (χ3n) is 11.1. The average Bonchev–Trinajstić information content (AvgIpc) is 3.64. The van der Waals surface area contributed by atoms with Crippen molar-refractivity contribution >= 4 is 3.21 Å². The van der Waals surface area contributed by atoms with E-state index in [2.05, 4.69) is 188 Å². The van der Waals surface area contributed by atoms with Crippen molar-refractivity contribution in [2.75, 3.05) is 0 Å². The topological polar surface area (TPSA) is 0 Å². The van der Waals surface area contributed by atoms with Crippen LogP contribution >= 0.6 is 0 Å². The molecule has 0 aromatic heterocycles. The number of hydrogen-bond acceptors (Lipinski definition) is 0. The summed E-state index contributed by atoms with van der Waals surface area (Å²) in [5.41, 5.74) is 17.8. The third kappa shape index (κ3) is 8.19. The summed E-state index contributed by atoms with van der Waals surface area (Å²) in [6.07, 6.45) is 8.30. The first-order chi connectivity index (χ1) is 23.2. The van der Waals surface area contributed by atoms with Crippen LogP contribution in [0.1, 0.15) is 149 Å². The number of halogens is 2. The summed E-state index contributed by atoms with van der Waals surface area (Å²) in [6, 6.07) is 29.8. The van der Waals surface area contributed by atoms with Crippen LogP contribution in [0.5, 0.6) is 0 Å². The Kier molecular flexibility index (Phi) is 12.3. The van der Waals surface area contributed by atoms with Crippen molar-refractivity contribution in [2.24, 2.45) is 0 Å². The molecule has 2 aliphatic rings. The van der Waals surface area contributed by atoms with E-state index in [-0.39, 0.29) is 46.5 Å². The summed E-state index contributed by atoms with van der Waals surface area (Å²) in [7, 11) is 0. The Bertz CT molecular complexity index is 1910. The van der Waals surface area contributed by atoms with Crippen LogP contribution in [0.4, 0.5) is 0 Å². The quantitative estimate of drug-likeness (QED) is 0.203. The van der Waals surface area contributed by atoms with E-state index in [1.165, 1.54) is 55.6 Å². The summed E-state index contributed by atoms with van der Waals surface area (Å²) >= 11 is -2.82. The van der Waals surface area contributed by atoms with Crippen molar-refractivity contribution in [2.45, 2.75) is 129 Å². The van der Waals surface area contributed by atoms with Gasteiger partial charge in [-0.25, -0.2) is 0 Å². The van der Waals surface area contributed by atoms with E-state index in [0.717, 1.165) is 6.42 Å². The van der Waals surface area contributed by atoms with Gasteiger partial charge in [-0.1, -0.05) is 0 Å². The summed E-state index contributed by atoms with van der Waals surface area (Å²) < 4.78 is 3.72. The van der Waals surface area contributed by atoms with Crippen LogP contribution < -0.4 is 24.8 Å². The first kappa shape index (κ1) is 42.4. The van der Waals surface area contributed by atoms with Gasteiger partial charge in [0.2, 0.25) is 0 Å². The molecular weight excluding hydrogens is 751 g/mol. The SMILES string of the molecule is Cc1cc2c(cc1C(C)(C)C)-c1cc(C(C)(C)C)c(C)cc1[CH]2[Zr+2]([C]1=CC=CC1)=[C](c1ccc(C(C)(C)C)cc1)c1ccc(C(C)(C)C)cc1.[Cl-].[Cl-]. The predicted octanol–water partition coefficient (Wildman–Crippen LogP) is 7.30. The van der Waals surface area contributed by atoms with Crippen LogP contribution in [0.25, 0.3) is 11.1 Å². The number of fused-ring (bicyclic) bond motifs is 3. The Balaban J connectivity index is 0.00000302. The summed E-state index contributed by atoms with van der Waals surface area (Å²) in [5, 5.41) is 0. The van der Waals surface area contributed by atoms with Gasteiger partial charge in [0.05, 0.1) is 0 Å². The number of aryl methyl sites for hydroxylation is 2. The molecule has 4 aromatic rings. The molecule has 0 nitrogen and oxygen atoms in total. The van der Waals surface area contributed by atoms with Gasteiger partial charge in [0.15, 0.2) is 0 Å². The molecule has 0 saturated carbocycles. The minimum absolute atomic E-state index is 0. The largest absolute Gasteiger partial charge is 1.00 e. The first-order valence-electron chi connectivity index (χ1n) is 18.8. The van der Waals surface area contributed by atoms with Crippen LogP contribution in [0.3, 0.4) is 0 Å². The van der Waals surface area contributed by atoms with Gasteiger partial charge in [-0.05, 0) is 0 Å². The maximum absolute atomic E-state index is 2.82. The van der Waals surface area contributed by atoms with Crippen molar-refractivity contribution in [1.29, 1.82) is 0 Å². The minimum Gasteiger partial charge on any atom is -1.00 e. The normalized spacial score (nSPS) is 14.1. The van der Waals surface area contributed by atoms with E-state index < -0.39 is 21.3 Å². The van der Waals surface area contributed by atoms with E-state index in [9.17, 15) is 0 Å². The van der Waals surface area contributed by atoms with E-state index in [4.69, 9.17) is 0 Å². The Morgan fingerprint density at radius 3 is 1.23 bits per heavy atom. The molecule has 0 radical (unpaired) electrons. The molecule has 4 aromatic carbocycles. The van der Waals surface area contributed by atoms with Crippen LogP contribution in [0.2, 0.25) is 0 Å². The Hall–Kier alpha value is -2.31. The van der Waals surface area contributed by atoms with Crippen LogP contribution in [-0.4, -0.2) is 3.21 Å². The number of hydrogen-bond donors (Lipinski definition) is 0. The van der Waals surface area contributed by atoms with Gasteiger partial charge in [-0.2, -0.15) is 0 Å². The van der Waals surface area contributed by atoms with Gasteiger partial charge in [-0.15, -0.1) is 0 Å². The molecule has 0 heterocycles. The van der Waals surface area contributed by atoms with E-state index in [0.29, 0.717) is 3.63 Å². The molecule has 274 valence electrons. The summed E-state index contributed by atoms with van der Waals surface area (Å²) in [4.78, 5) is 0. The molecule has 0 spiro atoms. The molecule has 0 saturated heterocycles. The predicted molar refractivity (Wildman–Crippen MR) is 216 cm³/mol. The van der Waals surface area contributed by atoms with Gasteiger partial charge in [0.1, 0.15) is 0 Å². The second kappa shape index (κ2) is 15.1. The van der Waals surface area contributed by atoms with Gasteiger partial charge in [-0.3, -0.25) is 0 Å². The van der Waals surface area contributed by atoms with E-state index >= 15 is 0 Å². The van der Waals surface area contributed by atoms with Crippen LogP contribution in [0, 0.1) is 13.8 Å². The van der Waals surface area contributed by atoms with Crippen molar-refractivity contribution in [3.63, 3.8) is 0 Å². The molecule has 0 N–H and O–H groups in total. The monoisotopic (exact) mass is 808 g/mol. The molecule has 0 unspecified atom stereocenters. The Morgan fingerprint density at radius 2 is 0.923 bits per heavy atom. The molecule has 0 fully saturated rings. The van der Waals surface area contributed by atoms with E-state index in [1.54, 1.807) is 17.6 Å². The fraction of sp³-hybridized carbons (Fsp3) is 0.408. The molecular formula is C49H60Cl2Zr. The second-order valence-electron chi connectivity index (χ2n) is 19.2. The average molecular weight is 811 g/mol. The minimum atomic E-state index is -2.82. The molecule has 52 heavy (non-hydrogen) atoms. The van der Waals surface area contributed by atoms with Crippen molar-refractivity contribution in [1.82, 2.24) is 0 Å². The number of rotatable bonds is 4. The van der Waals surface area contributed by atoms with Crippen LogP contribution in [-0.2, 0) is 42.9 Å². The Morgan fingerprint density at radius 1 is 0.538 bits per heavy atom. The van der Waals surface area contributed by atoms with Crippen molar-refractivity contribution in [3.8, 4) is 11.1 Å². The maximum Gasteiger partial charge on any atom is -1.00 e. The van der Waals surface area contributed by atoms with E-state index in [1.807, 2.05) is 0 Å². The number of allylic oxidation sites excluding steroid dienone is 4. The Labute approximate surface area is 336 Å². The maximum atomic E-state index is 2.61. The van der Waals surface area contributed by atoms with Crippen molar-refractivity contribution < 1.29 is 46.1 Å². The first-order valence-corrected chi connectivity index (χ1v) is 22.7. The zero-order valence-electron chi connectivity index (χ0n) is 34.2. The zero-order valence-corrected chi connectivity index (χ0v) is 38.2. The molecule has 0 amide bonds. The summed E-state index contributed by atoms with van der Waals surface area (Å²) in [5.74, 6) is 0.